The monoisotopic (exact) mass is 423 g/mol. The highest BCUT2D eigenvalue weighted by Crippen LogP contribution is 2.28. The maximum absolute atomic E-state index is 12.9. The summed E-state index contributed by atoms with van der Waals surface area (Å²) >= 11 is 6.24. The molecule has 3 aromatic rings. The van der Waals surface area contributed by atoms with Gasteiger partial charge in [-0.05, 0) is 62.2 Å². The second-order valence-corrected chi connectivity index (χ2v) is 7.59. The Balaban J connectivity index is 1.39. The molecule has 0 saturated carbocycles. The maximum atomic E-state index is 12.9. The first-order valence-corrected chi connectivity index (χ1v) is 10.2. The molecule has 3 amide bonds. The number of para-hydroxylation sites is 1. The molecule has 2 N–H and O–H groups in total. The van der Waals surface area contributed by atoms with Crippen LogP contribution in [0.15, 0.2) is 60.8 Å². The topological polar surface area (TPSA) is 79.3 Å². The Morgan fingerprint density at radius 2 is 1.90 bits per heavy atom. The number of nitrogens with zero attached hydrogens (tertiary/aromatic N) is 3. The molecule has 0 radical (unpaired) electrons. The van der Waals surface area contributed by atoms with Gasteiger partial charge in [-0.3, -0.25) is 4.79 Å². The highest BCUT2D eigenvalue weighted by Gasteiger charge is 2.31. The molecule has 154 valence electrons. The average molecular weight is 424 g/mol. The fourth-order valence-corrected chi connectivity index (χ4v) is 3.74. The lowest BCUT2D eigenvalue weighted by Crippen LogP contribution is -2.53. The number of piperidine rings is 1. The summed E-state index contributed by atoms with van der Waals surface area (Å²) < 4.78 is 1.77. The Morgan fingerprint density at radius 3 is 2.60 bits per heavy atom. The first kappa shape index (κ1) is 20.0. The minimum Gasteiger partial charge on any atom is -0.326 e. The van der Waals surface area contributed by atoms with Crippen LogP contribution in [0.25, 0.3) is 5.69 Å². The molecule has 8 heteroatoms. The number of rotatable bonds is 4. The van der Waals surface area contributed by atoms with Gasteiger partial charge in [0.15, 0.2) is 0 Å². The SMILES string of the molecule is Cc1ccn(-c2ccc(NC(=O)NC3CCCN(c4ccccc4Cl)C3=O)cc2)n1. The summed E-state index contributed by atoms with van der Waals surface area (Å²) in [6.45, 7) is 2.51. The quantitative estimate of drug-likeness (QED) is 0.661. The third-order valence-electron chi connectivity index (χ3n) is 5.00. The lowest BCUT2D eigenvalue weighted by atomic mass is 10.0. The lowest BCUT2D eigenvalue weighted by Gasteiger charge is -2.33. The summed E-state index contributed by atoms with van der Waals surface area (Å²) in [6, 6.07) is 15.5. The number of amides is 3. The van der Waals surface area contributed by atoms with Crippen molar-refractivity contribution < 1.29 is 9.59 Å². The Morgan fingerprint density at radius 1 is 1.13 bits per heavy atom. The summed E-state index contributed by atoms with van der Waals surface area (Å²) in [4.78, 5) is 27.0. The number of benzene rings is 2. The molecule has 1 aliphatic heterocycles. The third kappa shape index (κ3) is 4.31. The molecule has 30 heavy (non-hydrogen) atoms. The van der Waals surface area contributed by atoms with Gasteiger partial charge in [0, 0.05) is 18.4 Å². The van der Waals surface area contributed by atoms with Gasteiger partial charge in [-0.15, -0.1) is 0 Å². The molecule has 0 aliphatic carbocycles. The lowest BCUT2D eigenvalue weighted by molar-refractivity contribution is -0.121. The minimum absolute atomic E-state index is 0.158. The van der Waals surface area contributed by atoms with Crippen LogP contribution in [0, 0.1) is 6.92 Å². The van der Waals surface area contributed by atoms with Crippen LogP contribution in [0.5, 0.6) is 0 Å². The van der Waals surface area contributed by atoms with E-state index in [2.05, 4.69) is 15.7 Å². The Bertz CT molecular complexity index is 1060. The van der Waals surface area contributed by atoms with Crippen molar-refractivity contribution in [1.82, 2.24) is 15.1 Å². The summed E-state index contributed by atoms with van der Waals surface area (Å²) in [6.07, 6.45) is 3.24. The van der Waals surface area contributed by atoms with E-state index in [-0.39, 0.29) is 5.91 Å². The van der Waals surface area contributed by atoms with Crippen molar-refractivity contribution in [1.29, 1.82) is 0 Å². The first-order chi connectivity index (χ1) is 14.5. The summed E-state index contributed by atoms with van der Waals surface area (Å²) in [5, 5.41) is 10.4. The second kappa shape index (κ2) is 8.59. The van der Waals surface area contributed by atoms with Crippen molar-refractivity contribution >= 4 is 34.9 Å². The van der Waals surface area contributed by atoms with Crippen molar-refractivity contribution in [3.05, 3.63) is 71.5 Å². The van der Waals surface area contributed by atoms with Crippen molar-refractivity contribution in [2.24, 2.45) is 0 Å². The van der Waals surface area contributed by atoms with Crippen molar-refractivity contribution in [2.45, 2.75) is 25.8 Å². The molecule has 1 aromatic heterocycles. The number of nitrogens with one attached hydrogen (secondary N) is 2. The minimum atomic E-state index is -0.596. The predicted molar refractivity (Wildman–Crippen MR) is 117 cm³/mol. The van der Waals surface area contributed by atoms with Gasteiger partial charge in [0.2, 0.25) is 5.91 Å². The van der Waals surface area contributed by atoms with E-state index in [0.717, 1.165) is 17.8 Å². The van der Waals surface area contributed by atoms with Gasteiger partial charge < -0.3 is 15.5 Å². The van der Waals surface area contributed by atoms with Crippen LogP contribution in [-0.2, 0) is 4.79 Å². The highest BCUT2D eigenvalue weighted by molar-refractivity contribution is 6.33. The molecule has 0 spiro atoms. The first-order valence-electron chi connectivity index (χ1n) is 9.77. The molecule has 1 aliphatic rings. The number of carbonyl (C=O) groups is 2. The smallest absolute Gasteiger partial charge is 0.319 e. The van der Waals surface area contributed by atoms with Crippen molar-refractivity contribution in [3.63, 3.8) is 0 Å². The Kier molecular flexibility index (Phi) is 5.72. The van der Waals surface area contributed by atoms with Gasteiger partial charge in [-0.25, -0.2) is 9.48 Å². The summed E-state index contributed by atoms with van der Waals surface area (Å²) in [5.74, 6) is -0.158. The number of anilines is 2. The van der Waals surface area contributed by atoms with Gasteiger partial charge in [-0.1, -0.05) is 23.7 Å². The molecule has 1 saturated heterocycles. The molecule has 7 nitrogen and oxygen atoms in total. The Hall–Kier alpha value is -3.32. The van der Waals surface area contributed by atoms with Gasteiger partial charge in [0.05, 0.1) is 22.1 Å². The molecular weight excluding hydrogens is 402 g/mol. The van der Waals surface area contributed by atoms with Crippen LogP contribution in [0.4, 0.5) is 16.2 Å². The fraction of sp³-hybridized carbons (Fsp3) is 0.227. The number of aryl methyl sites for hydroxylation is 1. The van der Waals surface area contributed by atoms with E-state index in [4.69, 9.17) is 11.6 Å². The van der Waals surface area contributed by atoms with E-state index in [1.54, 1.807) is 27.8 Å². The fourth-order valence-electron chi connectivity index (χ4n) is 3.50. The van der Waals surface area contributed by atoms with Crippen LogP contribution < -0.4 is 15.5 Å². The number of hydrogen-bond acceptors (Lipinski definition) is 3. The molecular formula is C22H22ClN5O2. The van der Waals surface area contributed by atoms with Crippen molar-refractivity contribution in [3.8, 4) is 5.69 Å². The standard InChI is InChI=1S/C22H22ClN5O2/c1-15-12-14-28(26-15)17-10-8-16(9-11-17)24-22(30)25-19-6-4-13-27(21(19)29)20-7-3-2-5-18(20)23/h2-3,5,7-12,14,19H,4,6,13H2,1H3,(H2,24,25,30). The van der Waals surface area contributed by atoms with Gasteiger partial charge in [0.25, 0.3) is 0 Å². The zero-order valence-electron chi connectivity index (χ0n) is 16.5. The number of urea groups is 1. The summed E-state index contributed by atoms with van der Waals surface area (Å²) in [7, 11) is 0. The normalized spacial score (nSPS) is 16.4. The van der Waals surface area contributed by atoms with E-state index >= 15 is 0 Å². The molecule has 1 atom stereocenters. The second-order valence-electron chi connectivity index (χ2n) is 7.18. The maximum Gasteiger partial charge on any atom is 0.319 e. The number of carbonyl (C=O) groups excluding carboxylic acids is 2. The zero-order valence-corrected chi connectivity index (χ0v) is 17.3. The summed E-state index contributed by atoms with van der Waals surface area (Å²) in [5.41, 5.74) is 3.12. The van der Waals surface area contributed by atoms with E-state index in [0.29, 0.717) is 29.4 Å². The molecule has 2 aromatic carbocycles. The Labute approximate surface area is 179 Å². The van der Waals surface area contributed by atoms with Crippen molar-refractivity contribution in [2.75, 3.05) is 16.8 Å². The number of halogens is 1. The van der Waals surface area contributed by atoms with Crippen LogP contribution in [0.2, 0.25) is 5.02 Å². The number of hydrogen-bond donors (Lipinski definition) is 2. The highest BCUT2D eigenvalue weighted by atomic mass is 35.5. The molecule has 0 bridgehead atoms. The van der Waals surface area contributed by atoms with E-state index < -0.39 is 12.1 Å². The van der Waals surface area contributed by atoms with Crippen LogP contribution in [-0.4, -0.2) is 34.3 Å². The van der Waals surface area contributed by atoms with E-state index in [9.17, 15) is 9.59 Å². The van der Waals surface area contributed by atoms with Crippen LogP contribution >= 0.6 is 11.6 Å². The molecule has 1 fully saturated rings. The van der Waals surface area contributed by atoms with Crippen LogP contribution in [0.1, 0.15) is 18.5 Å². The molecule has 1 unspecified atom stereocenters. The predicted octanol–water partition coefficient (Wildman–Crippen LogP) is 4.15. The van der Waals surface area contributed by atoms with E-state index in [1.807, 2.05) is 49.5 Å². The van der Waals surface area contributed by atoms with E-state index in [1.165, 1.54) is 0 Å². The van der Waals surface area contributed by atoms with Gasteiger partial charge >= 0.3 is 6.03 Å². The largest absolute Gasteiger partial charge is 0.326 e. The molecule has 2 heterocycles. The average Bonchev–Trinajstić information content (AvgIpc) is 3.17. The number of aromatic nitrogens is 2. The van der Waals surface area contributed by atoms with Crippen LogP contribution in [0.3, 0.4) is 0 Å². The third-order valence-corrected chi connectivity index (χ3v) is 5.32. The van der Waals surface area contributed by atoms with Gasteiger partial charge in [0.1, 0.15) is 6.04 Å². The van der Waals surface area contributed by atoms with Gasteiger partial charge in [-0.2, -0.15) is 5.10 Å². The molecule has 4 rings (SSSR count). The zero-order chi connectivity index (χ0) is 21.1.